The molecule has 0 aliphatic carbocycles. The van der Waals surface area contributed by atoms with Gasteiger partial charge < -0.3 is 25.8 Å². The predicted molar refractivity (Wildman–Crippen MR) is 90.5 cm³/mol. The minimum atomic E-state index is -0.630. The highest BCUT2D eigenvalue weighted by molar-refractivity contribution is 5.89. The smallest absolute Gasteiger partial charge is 0.319 e. The van der Waals surface area contributed by atoms with Gasteiger partial charge in [0.05, 0.1) is 18.8 Å². The molecule has 128 valence electrons. The van der Waals surface area contributed by atoms with Gasteiger partial charge in [-0.2, -0.15) is 0 Å². The molecule has 1 heterocycles. The number of amides is 2. The Morgan fingerprint density at radius 3 is 2.65 bits per heavy atom. The summed E-state index contributed by atoms with van der Waals surface area (Å²) >= 11 is 0. The summed E-state index contributed by atoms with van der Waals surface area (Å²) < 4.78 is 5.59. The van der Waals surface area contributed by atoms with E-state index in [0.717, 1.165) is 12.2 Å². The lowest BCUT2D eigenvalue weighted by atomic mass is 9.96. The second-order valence-electron chi connectivity index (χ2n) is 7.11. The van der Waals surface area contributed by atoms with Crippen molar-refractivity contribution in [2.24, 2.45) is 5.41 Å². The fourth-order valence-corrected chi connectivity index (χ4v) is 2.37. The Morgan fingerprint density at radius 1 is 1.30 bits per heavy atom. The zero-order chi connectivity index (χ0) is 16.9. The van der Waals surface area contributed by atoms with Crippen LogP contribution in [-0.2, 0) is 4.74 Å². The van der Waals surface area contributed by atoms with E-state index in [9.17, 15) is 9.90 Å². The molecule has 1 fully saturated rings. The second kappa shape index (κ2) is 7.77. The number of carbonyl (C=O) groups excluding carboxylic acids is 1. The third-order valence-electron chi connectivity index (χ3n) is 3.67. The maximum Gasteiger partial charge on any atom is 0.319 e. The molecule has 2 amide bonds. The number of aliphatic hydroxyl groups excluding tert-OH is 1. The molecule has 0 saturated carbocycles. The van der Waals surface area contributed by atoms with Gasteiger partial charge >= 0.3 is 6.03 Å². The first-order valence-corrected chi connectivity index (χ1v) is 7.98. The lowest BCUT2D eigenvalue weighted by Crippen LogP contribution is -2.47. The molecular weight excluding hydrogens is 294 g/mol. The van der Waals surface area contributed by atoms with E-state index in [-0.39, 0.29) is 24.0 Å². The summed E-state index contributed by atoms with van der Waals surface area (Å²) in [5.41, 5.74) is 0.869. The van der Waals surface area contributed by atoms with E-state index in [2.05, 4.69) is 36.7 Å². The van der Waals surface area contributed by atoms with Crippen LogP contribution in [0.25, 0.3) is 0 Å². The summed E-state index contributed by atoms with van der Waals surface area (Å²) in [5, 5.41) is 19.1. The zero-order valence-corrected chi connectivity index (χ0v) is 14.0. The van der Waals surface area contributed by atoms with Crippen LogP contribution in [0.4, 0.5) is 10.5 Å². The van der Waals surface area contributed by atoms with Crippen LogP contribution in [0.15, 0.2) is 30.3 Å². The van der Waals surface area contributed by atoms with Crippen LogP contribution in [0.5, 0.6) is 0 Å². The van der Waals surface area contributed by atoms with Crippen molar-refractivity contribution in [2.75, 3.05) is 25.0 Å². The number of carbonyl (C=O) groups is 1. The van der Waals surface area contributed by atoms with Gasteiger partial charge in [-0.1, -0.05) is 39.0 Å². The van der Waals surface area contributed by atoms with Crippen molar-refractivity contribution < 1.29 is 14.6 Å². The van der Waals surface area contributed by atoms with Gasteiger partial charge in [0.25, 0.3) is 0 Å². The van der Waals surface area contributed by atoms with E-state index in [0.29, 0.717) is 6.61 Å². The van der Waals surface area contributed by atoms with Crippen LogP contribution in [0.2, 0.25) is 0 Å². The van der Waals surface area contributed by atoms with Crippen LogP contribution in [-0.4, -0.2) is 49.1 Å². The molecule has 3 atom stereocenters. The summed E-state index contributed by atoms with van der Waals surface area (Å²) in [6, 6.07) is 8.81. The zero-order valence-electron chi connectivity index (χ0n) is 14.0. The molecule has 0 radical (unpaired) electrons. The van der Waals surface area contributed by atoms with E-state index in [1.54, 1.807) is 0 Å². The van der Waals surface area contributed by atoms with Crippen molar-refractivity contribution >= 4 is 11.7 Å². The number of aliphatic hydroxyl groups is 1. The van der Waals surface area contributed by atoms with Gasteiger partial charge in [0.15, 0.2) is 0 Å². The van der Waals surface area contributed by atoms with Crippen molar-refractivity contribution in [2.45, 2.75) is 39.0 Å². The number of urea groups is 1. The Kier molecular flexibility index (Phi) is 5.98. The van der Waals surface area contributed by atoms with E-state index < -0.39 is 12.2 Å². The normalized spacial score (nSPS) is 24.4. The lowest BCUT2D eigenvalue weighted by Gasteiger charge is -2.24. The molecule has 23 heavy (non-hydrogen) atoms. The number of ether oxygens (including phenoxy) is 1. The summed E-state index contributed by atoms with van der Waals surface area (Å²) in [6.07, 6.45) is -1.02. The molecule has 4 N–H and O–H groups in total. The molecule has 2 rings (SSSR count). The first-order chi connectivity index (χ1) is 10.8. The Hall–Kier alpha value is -1.63. The molecule has 0 unspecified atom stereocenters. The third kappa shape index (κ3) is 5.82. The summed E-state index contributed by atoms with van der Waals surface area (Å²) in [7, 11) is 0. The van der Waals surface area contributed by atoms with Gasteiger partial charge in [0.1, 0.15) is 6.10 Å². The first-order valence-electron chi connectivity index (χ1n) is 7.98. The van der Waals surface area contributed by atoms with Gasteiger partial charge in [-0.25, -0.2) is 4.79 Å². The van der Waals surface area contributed by atoms with Gasteiger partial charge in [-0.3, -0.25) is 0 Å². The molecule has 1 aromatic rings. The molecule has 0 bridgehead atoms. The number of benzene rings is 1. The van der Waals surface area contributed by atoms with E-state index >= 15 is 0 Å². The molecule has 0 spiro atoms. The molecule has 1 saturated heterocycles. The standard InChI is InChI=1S/C17H27N3O3/c1-17(2,3)11-19-13-10-23-14(15(13)21)9-18-16(22)20-12-7-5-4-6-8-12/h4-8,13-15,19,21H,9-11H2,1-3H3,(H2,18,20,22)/t13-,14-,15+/m1/s1. The largest absolute Gasteiger partial charge is 0.389 e. The number of nitrogens with one attached hydrogen (secondary N) is 3. The minimum absolute atomic E-state index is 0.0989. The highest BCUT2D eigenvalue weighted by atomic mass is 16.5. The van der Waals surface area contributed by atoms with Crippen LogP contribution < -0.4 is 16.0 Å². The SMILES string of the molecule is CC(C)(C)CN[C@@H]1CO[C@H](CNC(=O)Nc2ccccc2)[C@H]1O. The fraction of sp³-hybridized carbons (Fsp3) is 0.588. The van der Waals surface area contributed by atoms with Crippen molar-refractivity contribution in [3.63, 3.8) is 0 Å². The number of rotatable bonds is 5. The summed E-state index contributed by atoms with van der Waals surface area (Å²) in [5.74, 6) is 0. The monoisotopic (exact) mass is 321 g/mol. The van der Waals surface area contributed by atoms with Gasteiger partial charge in [0, 0.05) is 18.8 Å². The van der Waals surface area contributed by atoms with Crippen LogP contribution in [0.3, 0.4) is 0 Å². The minimum Gasteiger partial charge on any atom is -0.389 e. The molecule has 0 aromatic heterocycles. The van der Waals surface area contributed by atoms with Crippen LogP contribution in [0, 0.1) is 5.41 Å². The van der Waals surface area contributed by atoms with Crippen LogP contribution >= 0.6 is 0 Å². The van der Waals surface area contributed by atoms with Gasteiger partial charge in [-0.05, 0) is 17.5 Å². The summed E-state index contributed by atoms with van der Waals surface area (Å²) in [4.78, 5) is 11.8. The van der Waals surface area contributed by atoms with E-state index in [4.69, 9.17) is 4.74 Å². The molecular formula is C17H27N3O3. The lowest BCUT2D eigenvalue weighted by molar-refractivity contribution is 0.0426. The predicted octanol–water partition coefficient (Wildman–Crippen LogP) is 1.57. The first kappa shape index (κ1) is 17.7. The second-order valence-corrected chi connectivity index (χ2v) is 7.11. The third-order valence-corrected chi connectivity index (χ3v) is 3.67. The highest BCUT2D eigenvalue weighted by Gasteiger charge is 2.36. The van der Waals surface area contributed by atoms with Crippen molar-refractivity contribution in [3.8, 4) is 0 Å². The Morgan fingerprint density at radius 2 is 2.00 bits per heavy atom. The molecule has 1 aliphatic heterocycles. The topological polar surface area (TPSA) is 82.6 Å². The Balaban J connectivity index is 1.73. The fourth-order valence-electron chi connectivity index (χ4n) is 2.37. The summed E-state index contributed by atoms with van der Waals surface area (Å²) in [6.45, 7) is 7.92. The Bertz CT molecular complexity index is 502. The maximum absolute atomic E-state index is 11.8. The number of para-hydroxylation sites is 1. The maximum atomic E-state index is 11.8. The molecule has 6 nitrogen and oxygen atoms in total. The van der Waals surface area contributed by atoms with E-state index in [1.165, 1.54) is 0 Å². The van der Waals surface area contributed by atoms with Gasteiger partial charge in [-0.15, -0.1) is 0 Å². The van der Waals surface area contributed by atoms with Crippen LogP contribution in [0.1, 0.15) is 20.8 Å². The molecule has 1 aliphatic rings. The van der Waals surface area contributed by atoms with Crippen molar-refractivity contribution in [1.82, 2.24) is 10.6 Å². The number of hydrogen-bond acceptors (Lipinski definition) is 4. The highest BCUT2D eigenvalue weighted by Crippen LogP contribution is 2.17. The van der Waals surface area contributed by atoms with Gasteiger partial charge in [0.2, 0.25) is 0 Å². The quantitative estimate of drug-likeness (QED) is 0.663. The average Bonchev–Trinajstić information content (AvgIpc) is 2.84. The Labute approximate surface area is 137 Å². The van der Waals surface area contributed by atoms with Crippen molar-refractivity contribution in [1.29, 1.82) is 0 Å². The van der Waals surface area contributed by atoms with E-state index in [1.807, 2.05) is 30.3 Å². The number of hydrogen-bond donors (Lipinski definition) is 4. The molecule has 1 aromatic carbocycles. The average molecular weight is 321 g/mol. The van der Waals surface area contributed by atoms with Crippen molar-refractivity contribution in [3.05, 3.63) is 30.3 Å². The number of anilines is 1. The molecule has 6 heteroatoms.